The van der Waals surface area contributed by atoms with Gasteiger partial charge in [0.1, 0.15) is 12.4 Å². The molecule has 1 heterocycles. The summed E-state index contributed by atoms with van der Waals surface area (Å²) in [4.78, 5) is 15.4. The van der Waals surface area contributed by atoms with Gasteiger partial charge in [-0.1, -0.05) is 96.2 Å². The molecule has 0 unspecified atom stereocenters. The topological polar surface area (TPSA) is 29.5 Å². The molecule has 4 aromatic carbocycles. The van der Waals surface area contributed by atoms with Crippen LogP contribution in [0.5, 0.6) is 5.75 Å². The van der Waals surface area contributed by atoms with Crippen LogP contribution in [0.1, 0.15) is 11.1 Å². The van der Waals surface area contributed by atoms with Crippen molar-refractivity contribution < 1.29 is 9.53 Å². The van der Waals surface area contributed by atoms with Crippen molar-refractivity contribution in [3.05, 3.63) is 112 Å². The quantitative estimate of drug-likeness (QED) is 0.215. The lowest BCUT2D eigenvalue weighted by molar-refractivity contribution is -0.113. The summed E-state index contributed by atoms with van der Waals surface area (Å²) in [6.07, 6.45) is 1.89. The number of amides is 1. The van der Waals surface area contributed by atoms with Crippen molar-refractivity contribution in [2.45, 2.75) is 6.61 Å². The van der Waals surface area contributed by atoms with E-state index < -0.39 is 0 Å². The molecule has 0 saturated carbocycles. The van der Waals surface area contributed by atoms with Crippen LogP contribution in [0, 0.1) is 0 Å². The minimum atomic E-state index is -0.132. The van der Waals surface area contributed by atoms with Crippen molar-refractivity contribution in [3.63, 3.8) is 0 Å². The maximum Gasteiger partial charge on any atom is 0.270 e. The Morgan fingerprint density at radius 3 is 2.42 bits per heavy atom. The number of hydrogen-bond donors (Lipinski definition) is 0. The van der Waals surface area contributed by atoms with Crippen LogP contribution in [0.3, 0.4) is 0 Å². The predicted octanol–water partition coefficient (Wildman–Crippen LogP) is 7.48. The lowest BCUT2D eigenvalue weighted by Gasteiger charge is -2.14. The molecule has 1 fully saturated rings. The maximum atomic E-state index is 13.3. The highest BCUT2D eigenvalue weighted by atomic mass is 35.5. The van der Waals surface area contributed by atoms with E-state index in [-0.39, 0.29) is 5.91 Å². The molecule has 0 atom stereocenters. The molecule has 1 aliphatic heterocycles. The molecule has 0 aromatic heterocycles. The normalized spacial score (nSPS) is 14.9. The lowest BCUT2D eigenvalue weighted by atomic mass is 10.0. The number of ether oxygens (including phenoxy) is 1. The van der Waals surface area contributed by atoms with Gasteiger partial charge in [0.25, 0.3) is 5.91 Å². The number of para-hydroxylation sites is 1. The number of benzene rings is 4. The zero-order chi connectivity index (χ0) is 22.8. The van der Waals surface area contributed by atoms with Crippen LogP contribution >= 0.6 is 35.6 Å². The van der Waals surface area contributed by atoms with Gasteiger partial charge in [-0.15, -0.1) is 0 Å². The van der Waals surface area contributed by atoms with Crippen LogP contribution in [-0.4, -0.2) is 10.2 Å². The number of anilines is 1. The Kier molecular flexibility index (Phi) is 6.18. The van der Waals surface area contributed by atoms with Gasteiger partial charge in [-0.25, -0.2) is 0 Å². The van der Waals surface area contributed by atoms with E-state index in [1.54, 1.807) is 4.90 Å². The monoisotopic (exact) mass is 487 g/mol. The van der Waals surface area contributed by atoms with Crippen molar-refractivity contribution in [1.29, 1.82) is 0 Å². The summed E-state index contributed by atoms with van der Waals surface area (Å²) >= 11 is 12.8. The highest BCUT2D eigenvalue weighted by Crippen LogP contribution is 2.39. The van der Waals surface area contributed by atoms with Gasteiger partial charge in [-0.3, -0.25) is 9.69 Å². The number of carbonyl (C=O) groups excluding carboxylic acids is 1. The number of halogens is 1. The van der Waals surface area contributed by atoms with E-state index in [4.69, 9.17) is 28.6 Å². The third-order valence-corrected chi connectivity index (χ3v) is 6.88. The molecule has 1 aliphatic rings. The van der Waals surface area contributed by atoms with Gasteiger partial charge < -0.3 is 4.74 Å². The molecule has 0 bridgehead atoms. The standard InChI is InChI=1S/C27H18ClNO2S2/c28-20-13-10-18(11-14-20)17-31-24-15-12-19-6-4-5-9-22(19)23(24)16-25-26(30)29(27(32)33-25)21-7-2-1-3-8-21/h1-16H,17H2/b25-16+. The van der Waals surface area contributed by atoms with Crippen molar-refractivity contribution in [2.24, 2.45) is 0 Å². The molecule has 4 aromatic rings. The van der Waals surface area contributed by atoms with Crippen LogP contribution in [0.4, 0.5) is 5.69 Å². The van der Waals surface area contributed by atoms with Crippen LogP contribution in [0.25, 0.3) is 16.8 Å². The van der Waals surface area contributed by atoms with Crippen molar-refractivity contribution >= 4 is 68.3 Å². The summed E-state index contributed by atoms with van der Waals surface area (Å²) in [7, 11) is 0. The molecule has 0 spiro atoms. The highest BCUT2D eigenvalue weighted by Gasteiger charge is 2.33. The van der Waals surface area contributed by atoms with Crippen molar-refractivity contribution in [2.75, 3.05) is 4.90 Å². The molecule has 5 rings (SSSR count). The molecule has 162 valence electrons. The third kappa shape index (κ3) is 4.53. The second-order valence-electron chi connectivity index (χ2n) is 7.47. The lowest BCUT2D eigenvalue weighted by Crippen LogP contribution is -2.27. The van der Waals surface area contributed by atoms with Gasteiger partial charge in [-0.2, -0.15) is 0 Å². The molecule has 0 N–H and O–H groups in total. The van der Waals surface area contributed by atoms with E-state index in [1.807, 2.05) is 97.1 Å². The van der Waals surface area contributed by atoms with Gasteiger partial charge in [-0.05, 0) is 52.7 Å². The summed E-state index contributed by atoms with van der Waals surface area (Å²) in [6.45, 7) is 0.390. The van der Waals surface area contributed by atoms with E-state index in [1.165, 1.54) is 11.8 Å². The fourth-order valence-corrected chi connectivity index (χ4v) is 5.10. The smallest absolute Gasteiger partial charge is 0.270 e. The first-order valence-electron chi connectivity index (χ1n) is 10.3. The summed E-state index contributed by atoms with van der Waals surface area (Å²) in [5.41, 5.74) is 2.63. The first-order valence-corrected chi connectivity index (χ1v) is 11.9. The molecular weight excluding hydrogens is 470 g/mol. The first kappa shape index (κ1) is 21.7. The van der Waals surface area contributed by atoms with Crippen LogP contribution in [-0.2, 0) is 11.4 Å². The van der Waals surface area contributed by atoms with Crippen LogP contribution < -0.4 is 9.64 Å². The highest BCUT2D eigenvalue weighted by molar-refractivity contribution is 8.27. The molecule has 1 amide bonds. The second kappa shape index (κ2) is 9.40. The minimum absolute atomic E-state index is 0.132. The molecule has 0 aliphatic carbocycles. The molecule has 3 nitrogen and oxygen atoms in total. The van der Waals surface area contributed by atoms with Crippen molar-refractivity contribution in [3.8, 4) is 5.75 Å². The fraction of sp³-hybridized carbons (Fsp3) is 0.0370. The van der Waals surface area contributed by atoms with E-state index >= 15 is 0 Å². The first-order chi connectivity index (χ1) is 16.1. The maximum absolute atomic E-state index is 13.3. The average molecular weight is 488 g/mol. The number of fused-ring (bicyclic) bond motifs is 1. The number of rotatable bonds is 5. The zero-order valence-corrected chi connectivity index (χ0v) is 19.8. The predicted molar refractivity (Wildman–Crippen MR) is 142 cm³/mol. The molecule has 1 saturated heterocycles. The Balaban J connectivity index is 1.53. The Morgan fingerprint density at radius 2 is 1.64 bits per heavy atom. The van der Waals surface area contributed by atoms with Gasteiger partial charge in [0, 0.05) is 10.6 Å². The number of hydrogen-bond acceptors (Lipinski definition) is 4. The SMILES string of the molecule is O=C1/C(=C\c2c(OCc3ccc(Cl)cc3)ccc3ccccc23)SC(=S)N1c1ccccc1. The van der Waals surface area contributed by atoms with Gasteiger partial charge in [0.15, 0.2) is 4.32 Å². The van der Waals surface area contributed by atoms with E-state index in [0.717, 1.165) is 27.6 Å². The van der Waals surface area contributed by atoms with Crippen LogP contribution in [0.15, 0.2) is 95.9 Å². The molecular formula is C27H18ClNO2S2. The number of thiocarbonyl (C=S) groups is 1. The summed E-state index contributed by atoms with van der Waals surface area (Å²) in [5, 5.41) is 2.77. The minimum Gasteiger partial charge on any atom is -0.488 e. The van der Waals surface area contributed by atoms with Gasteiger partial charge in [0.05, 0.1) is 10.6 Å². The molecule has 6 heteroatoms. The zero-order valence-electron chi connectivity index (χ0n) is 17.4. The second-order valence-corrected chi connectivity index (χ2v) is 9.58. The van der Waals surface area contributed by atoms with E-state index in [9.17, 15) is 4.79 Å². The number of thioether (sulfide) groups is 1. The van der Waals surface area contributed by atoms with E-state index in [2.05, 4.69) is 0 Å². The molecule has 33 heavy (non-hydrogen) atoms. The van der Waals surface area contributed by atoms with Crippen molar-refractivity contribution in [1.82, 2.24) is 0 Å². The Bertz CT molecular complexity index is 1380. The Hall–Kier alpha value is -3.12. The van der Waals surface area contributed by atoms with Gasteiger partial charge in [0.2, 0.25) is 0 Å². The number of nitrogens with zero attached hydrogens (tertiary/aromatic N) is 1. The molecule has 0 radical (unpaired) electrons. The summed E-state index contributed by atoms with van der Waals surface area (Å²) in [5.74, 6) is 0.571. The van der Waals surface area contributed by atoms with Gasteiger partial charge >= 0.3 is 0 Å². The Morgan fingerprint density at radius 1 is 0.909 bits per heavy atom. The largest absolute Gasteiger partial charge is 0.488 e. The summed E-state index contributed by atoms with van der Waals surface area (Å²) in [6, 6.07) is 29.1. The fourth-order valence-electron chi connectivity index (χ4n) is 3.69. The third-order valence-electron chi connectivity index (χ3n) is 5.32. The summed E-state index contributed by atoms with van der Waals surface area (Å²) < 4.78 is 6.72. The Labute approximate surface area is 206 Å². The van der Waals surface area contributed by atoms with E-state index in [0.29, 0.717) is 26.6 Å². The average Bonchev–Trinajstić information content (AvgIpc) is 3.12. The van der Waals surface area contributed by atoms with Crippen LogP contribution in [0.2, 0.25) is 5.02 Å². The number of carbonyl (C=O) groups is 1.